The zero-order chi connectivity index (χ0) is 11.3. The monoisotopic (exact) mass is 220 g/mol. The Balaban J connectivity index is 3.12. The lowest BCUT2D eigenvalue weighted by Crippen LogP contribution is -1.99. The summed E-state index contributed by atoms with van der Waals surface area (Å²) in [6.45, 7) is -0.00286. The second-order valence-corrected chi connectivity index (χ2v) is 3.65. The van der Waals surface area contributed by atoms with E-state index in [1.807, 2.05) is 12.1 Å². The van der Waals surface area contributed by atoms with Gasteiger partial charge in [-0.3, -0.25) is 0 Å². The molecule has 0 amide bonds. The molecule has 15 heavy (non-hydrogen) atoms. The summed E-state index contributed by atoms with van der Waals surface area (Å²) in [5, 5.41) is 26.6. The van der Waals surface area contributed by atoms with Crippen LogP contribution >= 0.6 is 11.8 Å². The van der Waals surface area contributed by atoms with Gasteiger partial charge in [0, 0.05) is 5.75 Å². The molecule has 3 N–H and O–H groups in total. The minimum Gasteiger partial charge on any atom is -0.396 e. The number of hydrogen-bond acceptors (Lipinski definition) is 6. The van der Waals surface area contributed by atoms with Gasteiger partial charge in [0.05, 0.1) is 17.7 Å². The fraction of sp³-hybridized carbons (Fsp3) is 0.222. The van der Waals surface area contributed by atoms with Crippen molar-refractivity contribution in [3.05, 3.63) is 17.2 Å². The first-order chi connectivity index (χ1) is 7.22. The van der Waals surface area contributed by atoms with Gasteiger partial charge >= 0.3 is 0 Å². The van der Waals surface area contributed by atoms with Crippen molar-refractivity contribution in [1.82, 2.24) is 4.98 Å². The maximum absolute atomic E-state index is 8.81. The van der Waals surface area contributed by atoms with Gasteiger partial charge in [0.25, 0.3) is 0 Å². The average Bonchev–Trinajstić information content (AvgIpc) is 2.26. The van der Waals surface area contributed by atoms with E-state index in [-0.39, 0.29) is 18.0 Å². The third-order valence-corrected chi connectivity index (χ3v) is 2.56. The molecule has 0 saturated heterocycles. The SMILES string of the molecule is N#Cc1cc(C#N)c(SCCO)nc1N. The molecule has 0 unspecified atom stereocenters. The zero-order valence-corrected chi connectivity index (χ0v) is 8.58. The maximum atomic E-state index is 8.81. The number of nitrogens with two attached hydrogens (primary N) is 1. The molecule has 0 aliphatic carbocycles. The Kier molecular flexibility index (Phi) is 3.92. The van der Waals surface area contributed by atoms with Crippen LogP contribution in [0, 0.1) is 22.7 Å². The van der Waals surface area contributed by atoms with Gasteiger partial charge in [-0.2, -0.15) is 10.5 Å². The van der Waals surface area contributed by atoms with Gasteiger partial charge in [0.2, 0.25) is 0 Å². The molecule has 1 rings (SSSR count). The minimum atomic E-state index is -0.00286. The number of thioether (sulfide) groups is 1. The third kappa shape index (κ3) is 2.59. The van der Waals surface area contributed by atoms with Crippen molar-refractivity contribution in [2.75, 3.05) is 18.1 Å². The Hall–Kier alpha value is -1.76. The molecule has 0 aliphatic rings. The first-order valence-corrected chi connectivity index (χ1v) is 5.06. The van der Waals surface area contributed by atoms with Gasteiger partial charge in [-0.1, -0.05) is 0 Å². The molecule has 0 bridgehead atoms. The number of nitrogens with zero attached hydrogens (tertiary/aromatic N) is 3. The van der Waals surface area contributed by atoms with E-state index in [0.29, 0.717) is 16.3 Å². The molecule has 1 heterocycles. The third-order valence-electron chi connectivity index (χ3n) is 1.59. The number of anilines is 1. The highest BCUT2D eigenvalue weighted by atomic mass is 32.2. The highest BCUT2D eigenvalue weighted by molar-refractivity contribution is 7.99. The Bertz CT molecular complexity index is 447. The molecule has 0 saturated carbocycles. The number of nitrogen functional groups attached to an aromatic ring is 1. The molecular weight excluding hydrogens is 212 g/mol. The smallest absolute Gasteiger partial charge is 0.142 e. The van der Waals surface area contributed by atoms with E-state index >= 15 is 0 Å². The van der Waals surface area contributed by atoms with Gasteiger partial charge in [0.1, 0.15) is 23.0 Å². The normalized spacial score (nSPS) is 9.27. The molecule has 0 aliphatic heterocycles. The molecule has 0 spiro atoms. The molecule has 0 fully saturated rings. The van der Waals surface area contributed by atoms with Crippen LogP contribution in [0.1, 0.15) is 11.1 Å². The van der Waals surface area contributed by atoms with E-state index in [4.69, 9.17) is 21.4 Å². The van der Waals surface area contributed by atoms with E-state index < -0.39 is 0 Å². The number of hydrogen-bond donors (Lipinski definition) is 2. The largest absolute Gasteiger partial charge is 0.396 e. The fourth-order valence-electron chi connectivity index (χ4n) is 0.932. The van der Waals surface area contributed by atoms with Crippen molar-refractivity contribution in [3.8, 4) is 12.1 Å². The summed E-state index contributed by atoms with van der Waals surface area (Å²) in [7, 11) is 0. The van der Waals surface area contributed by atoms with Crippen molar-refractivity contribution >= 4 is 17.6 Å². The van der Waals surface area contributed by atoms with Gasteiger partial charge in [-0.25, -0.2) is 4.98 Å². The highest BCUT2D eigenvalue weighted by Gasteiger charge is 2.09. The van der Waals surface area contributed by atoms with Gasteiger partial charge in [-0.05, 0) is 6.07 Å². The number of aliphatic hydroxyl groups excluding tert-OH is 1. The Morgan fingerprint density at radius 3 is 2.60 bits per heavy atom. The number of rotatable bonds is 3. The second-order valence-electron chi connectivity index (χ2n) is 2.57. The van der Waals surface area contributed by atoms with Crippen LogP contribution < -0.4 is 5.73 Å². The molecule has 5 nitrogen and oxygen atoms in total. The number of nitriles is 2. The molecule has 1 aromatic heterocycles. The topological polar surface area (TPSA) is 107 Å². The Morgan fingerprint density at radius 2 is 2.07 bits per heavy atom. The standard InChI is InChI=1S/C9H8N4OS/c10-4-6-3-7(5-11)9(13-8(6)12)15-2-1-14/h3,14H,1-2H2,(H2,12,13). The fourth-order valence-corrected chi connectivity index (χ4v) is 1.64. The van der Waals surface area contributed by atoms with Crippen molar-refractivity contribution in [2.45, 2.75) is 5.03 Å². The van der Waals surface area contributed by atoms with Crippen molar-refractivity contribution < 1.29 is 5.11 Å². The maximum Gasteiger partial charge on any atom is 0.142 e. The summed E-state index contributed by atoms with van der Waals surface area (Å²) in [4.78, 5) is 3.94. The van der Waals surface area contributed by atoms with E-state index in [9.17, 15) is 0 Å². The van der Waals surface area contributed by atoms with Gasteiger partial charge in [0.15, 0.2) is 0 Å². The number of aliphatic hydroxyl groups is 1. The van der Waals surface area contributed by atoms with E-state index in [0.717, 1.165) is 0 Å². The lowest BCUT2D eigenvalue weighted by molar-refractivity contribution is 0.322. The van der Waals surface area contributed by atoms with Crippen LogP contribution in [0.5, 0.6) is 0 Å². The van der Waals surface area contributed by atoms with E-state index in [2.05, 4.69) is 4.98 Å². The first kappa shape index (κ1) is 11.3. The van der Waals surface area contributed by atoms with E-state index in [1.54, 1.807) is 0 Å². The Labute approximate surface area is 91.2 Å². The highest BCUT2D eigenvalue weighted by Crippen LogP contribution is 2.23. The van der Waals surface area contributed by atoms with Crippen LogP contribution in [0.3, 0.4) is 0 Å². The molecule has 0 aromatic carbocycles. The summed E-state index contributed by atoms with van der Waals surface area (Å²) in [6, 6.07) is 5.20. The predicted octanol–water partition coefficient (Wildman–Crippen LogP) is 0.492. The summed E-state index contributed by atoms with van der Waals surface area (Å²) in [5.41, 5.74) is 6.01. The van der Waals surface area contributed by atoms with Crippen molar-refractivity contribution in [3.63, 3.8) is 0 Å². The van der Waals surface area contributed by atoms with Crippen LogP contribution in [0.25, 0.3) is 0 Å². The molecule has 6 heteroatoms. The molecule has 1 aromatic rings. The molecular formula is C9H8N4OS. The lowest BCUT2D eigenvalue weighted by atomic mass is 10.2. The van der Waals surface area contributed by atoms with Gasteiger partial charge in [-0.15, -0.1) is 11.8 Å². The number of pyridine rings is 1. The molecule has 0 radical (unpaired) electrons. The van der Waals surface area contributed by atoms with Crippen LogP contribution in [-0.4, -0.2) is 22.5 Å². The molecule has 76 valence electrons. The number of aromatic nitrogens is 1. The van der Waals surface area contributed by atoms with Crippen LogP contribution in [0.2, 0.25) is 0 Å². The summed E-state index contributed by atoms with van der Waals surface area (Å²) in [6.07, 6.45) is 0. The summed E-state index contributed by atoms with van der Waals surface area (Å²) in [5.74, 6) is 0.546. The van der Waals surface area contributed by atoms with Crippen LogP contribution in [-0.2, 0) is 0 Å². The van der Waals surface area contributed by atoms with Crippen LogP contribution in [0.4, 0.5) is 5.82 Å². The first-order valence-electron chi connectivity index (χ1n) is 4.07. The second kappa shape index (κ2) is 5.20. The Morgan fingerprint density at radius 1 is 1.40 bits per heavy atom. The van der Waals surface area contributed by atoms with Crippen molar-refractivity contribution in [2.24, 2.45) is 0 Å². The van der Waals surface area contributed by atoms with Crippen molar-refractivity contribution in [1.29, 1.82) is 10.5 Å². The summed E-state index contributed by atoms with van der Waals surface area (Å²) >= 11 is 1.23. The molecule has 0 atom stereocenters. The zero-order valence-electron chi connectivity index (χ0n) is 7.77. The lowest BCUT2D eigenvalue weighted by Gasteiger charge is -2.03. The van der Waals surface area contributed by atoms with Gasteiger partial charge < -0.3 is 10.8 Å². The van der Waals surface area contributed by atoms with Crippen LogP contribution in [0.15, 0.2) is 11.1 Å². The predicted molar refractivity (Wildman–Crippen MR) is 55.9 cm³/mol. The summed E-state index contributed by atoms with van der Waals surface area (Å²) < 4.78 is 0. The minimum absolute atomic E-state index is 0.00286. The average molecular weight is 220 g/mol. The quantitative estimate of drug-likeness (QED) is 0.718. The van der Waals surface area contributed by atoms with E-state index in [1.165, 1.54) is 17.8 Å².